The van der Waals surface area contributed by atoms with Crippen LogP contribution in [0.1, 0.15) is 113 Å². The summed E-state index contributed by atoms with van der Waals surface area (Å²) in [6.45, 7) is 17.7. The van der Waals surface area contributed by atoms with Gasteiger partial charge in [-0.25, -0.2) is 0 Å². The van der Waals surface area contributed by atoms with Gasteiger partial charge < -0.3 is 4.74 Å². The van der Waals surface area contributed by atoms with Crippen LogP contribution in [-0.2, 0) is 25.7 Å². The highest BCUT2D eigenvalue weighted by Gasteiger charge is 2.26. The molecular formula is C25H35NO4. The Morgan fingerprint density at radius 1 is 0.867 bits per heavy atom. The molecule has 1 aliphatic heterocycles. The van der Waals surface area contributed by atoms with Crippen LogP contribution in [-0.4, -0.2) is 17.8 Å². The van der Waals surface area contributed by atoms with Gasteiger partial charge in [-0.05, 0) is 51.5 Å². The van der Waals surface area contributed by atoms with E-state index < -0.39 is 17.8 Å². The smallest absolute Gasteiger partial charge is 0.310 e. The highest BCUT2D eigenvalue weighted by atomic mass is 16.5. The molecular weight excluding hydrogens is 378 g/mol. The molecule has 2 rings (SSSR count). The Bertz CT molecular complexity index is 876. The van der Waals surface area contributed by atoms with Crippen LogP contribution in [0.15, 0.2) is 17.7 Å². The number of ether oxygens (including phenoxy) is 1. The van der Waals surface area contributed by atoms with Gasteiger partial charge in [-0.15, -0.1) is 0 Å². The molecule has 0 aliphatic carbocycles. The maximum Gasteiger partial charge on any atom is 0.310 e. The van der Waals surface area contributed by atoms with Crippen LogP contribution in [0, 0.1) is 0 Å². The van der Waals surface area contributed by atoms with Gasteiger partial charge in [0.2, 0.25) is 0 Å². The van der Waals surface area contributed by atoms with E-state index in [9.17, 15) is 14.4 Å². The van der Waals surface area contributed by atoms with Crippen molar-refractivity contribution in [1.82, 2.24) is 5.32 Å². The normalized spacial score (nSPS) is 14.2. The highest BCUT2D eigenvalue weighted by Crippen LogP contribution is 2.40. The third-order valence-corrected chi connectivity index (χ3v) is 5.53. The van der Waals surface area contributed by atoms with Crippen molar-refractivity contribution in [1.29, 1.82) is 0 Å². The molecule has 0 saturated carbocycles. The molecule has 0 spiro atoms. The van der Waals surface area contributed by atoms with Gasteiger partial charge in [-0.3, -0.25) is 19.7 Å². The van der Waals surface area contributed by atoms with Gasteiger partial charge in [0, 0.05) is 11.6 Å². The van der Waals surface area contributed by atoms with E-state index in [0.29, 0.717) is 11.8 Å². The standard InChI is InChI=1S/C25H35NO4/c1-13(2)18-11-19(14(3)4)23(15(5)6)24(16(7)8)20(18)12-30-22(28)10-17-9-21(27)26-25(17)29/h9,11,13-16H,10,12H2,1-8H3,(H,26,27,29). The van der Waals surface area contributed by atoms with E-state index in [0.717, 1.165) is 11.6 Å². The summed E-state index contributed by atoms with van der Waals surface area (Å²) < 4.78 is 5.62. The lowest BCUT2D eigenvalue weighted by Gasteiger charge is -2.29. The van der Waals surface area contributed by atoms with E-state index in [1.807, 2.05) is 0 Å². The summed E-state index contributed by atoms with van der Waals surface area (Å²) in [5.74, 6) is -0.185. The van der Waals surface area contributed by atoms with Crippen LogP contribution in [0.2, 0.25) is 0 Å². The summed E-state index contributed by atoms with van der Waals surface area (Å²) in [5.41, 5.74) is 6.39. The Kier molecular flexibility index (Phi) is 7.62. The first-order chi connectivity index (χ1) is 13.9. The van der Waals surface area contributed by atoms with Crippen LogP contribution < -0.4 is 5.32 Å². The first kappa shape index (κ1) is 23.8. The number of amides is 2. The van der Waals surface area contributed by atoms with Crippen LogP contribution in [0.5, 0.6) is 0 Å². The van der Waals surface area contributed by atoms with Crippen LogP contribution in [0.3, 0.4) is 0 Å². The number of carbonyl (C=O) groups excluding carboxylic acids is 3. The molecule has 0 fully saturated rings. The molecule has 0 saturated heterocycles. The second-order valence-corrected chi connectivity index (χ2v) is 9.31. The van der Waals surface area contributed by atoms with Crippen LogP contribution in [0.4, 0.5) is 0 Å². The molecule has 1 aromatic carbocycles. The van der Waals surface area contributed by atoms with Crippen LogP contribution in [0.25, 0.3) is 0 Å². The minimum Gasteiger partial charge on any atom is -0.461 e. The molecule has 1 aliphatic rings. The zero-order valence-electron chi connectivity index (χ0n) is 19.5. The van der Waals surface area contributed by atoms with Gasteiger partial charge in [0.25, 0.3) is 11.8 Å². The molecule has 1 heterocycles. The van der Waals surface area contributed by atoms with Crippen molar-refractivity contribution < 1.29 is 19.1 Å². The first-order valence-corrected chi connectivity index (χ1v) is 10.8. The zero-order chi connectivity index (χ0) is 22.7. The third kappa shape index (κ3) is 5.18. The van der Waals surface area contributed by atoms with Gasteiger partial charge >= 0.3 is 5.97 Å². The average molecular weight is 414 g/mol. The van der Waals surface area contributed by atoms with E-state index in [-0.39, 0.29) is 30.4 Å². The van der Waals surface area contributed by atoms with Crippen molar-refractivity contribution in [2.24, 2.45) is 0 Å². The van der Waals surface area contributed by atoms with Gasteiger partial charge in [0.1, 0.15) is 6.61 Å². The number of imide groups is 1. The second kappa shape index (κ2) is 9.59. The predicted molar refractivity (Wildman–Crippen MR) is 118 cm³/mol. The van der Waals surface area contributed by atoms with Crippen molar-refractivity contribution in [3.05, 3.63) is 45.5 Å². The Morgan fingerprint density at radius 3 is 1.87 bits per heavy atom. The average Bonchev–Trinajstić information content (AvgIpc) is 2.94. The lowest BCUT2D eigenvalue weighted by molar-refractivity contribution is -0.144. The second-order valence-electron chi connectivity index (χ2n) is 9.31. The molecule has 1 N–H and O–H groups in total. The van der Waals surface area contributed by atoms with Crippen LogP contribution >= 0.6 is 0 Å². The number of hydrogen-bond donors (Lipinski definition) is 1. The molecule has 2 amide bonds. The zero-order valence-corrected chi connectivity index (χ0v) is 19.5. The monoisotopic (exact) mass is 413 g/mol. The van der Waals surface area contributed by atoms with Crippen molar-refractivity contribution in [2.75, 3.05) is 0 Å². The van der Waals surface area contributed by atoms with Crippen molar-refractivity contribution in [3.63, 3.8) is 0 Å². The molecule has 0 unspecified atom stereocenters. The van der Waals surface area contributed by atoms with Gasteiger partial charge in [-0.2, -0.15) is 0 Å². The van der Waals surface area contributed by atoms with Crippen molar-refractivity contribution in [3.8, 4) is 0 Å². The number of carbonyl (C=O) groups is 3. The molecule has 5 heteroatoms. The lowest BCUT2D eigenvalue weighted by Crippen LogP contribution is -2.23. The third-order valence-electron chi connectivity index (χ3n) is 5.53. The largest absolute Gasteiger partial charge is 0.461 e. The quantitative estimate of drug-likeness (QED) is 0.470. The summed E-state index contributed by atoms with van der Waals surface area (Å²) in [7, 11) is 0. The molecule has 0 atom stereocenters. The number of esters is 1. The van der Waals surface area contributed by atoms with Gasteiger partial charge in [0.05, 0.1) is 6.42 Å². The fraction of sp³-hybridized carbons (Fsp3) is 0.560. The number of nitrogens with one attached hydrogen (secondary N) is 1. The summed E-state index contributed by atoms with van der Waals surface area (Å²) in [6.07, 6.45) is 0.962. The molecule has 30 heavy (non-hydrogen) atoms. The van der Waals surface area contributed by atoms with Gasteiger partial charge in [-0.1, -0.05) is 61.5 Å². The SMILES string of the molecule is CC(C)c1cc(C(C)C)c(C(C)C)c(C(C)C)c1COC(=O)CC1=CC(=O)NC1=O. The Morgan fingerprint density at radius 2 is 1.43 bits per heavy atom. The summed E-state index contributed by atoms with van der Waals surface area (Å²) >= 11 is 0. The Hall–Kier alpha value is -2.43. The summed E-state index contributed by atoms with van der Waals surface area (Å²) in [5, 5.41) is 2.15. The molecule has 0 bridgehead atoms. The molecule has 0 aromatic heterocycles. The Balaban J connectivity index is 2.43. The topological polar surface area (TPSA) is 72.5 Å². The van der Waals surface area contributed by atoms with E-state index in [4.69, 9.17) is 4.74 Å². The molecule has 0 radical (unpaired) electrons. The lowest BCUT2D eigenvalue weighted by atomic mass is 9.77. The maximum atomic E-state index is 12.4. The fourth-order valence-electron chi connectivity index (χ4n) is 4.21. The highest BCUT2D eigenvalue weighted by molar-refractivity contribution is 6.17. The minimum absolute atomic E-state index is 0.149. The van der Waals surface area contributed by atoms with E-state index >= 15 is 0 Å². The van der Waals surface area contributed by atoms with Gasteiger partial charge in [0.15, 0.2) is 0 Å². The van der Waals surface area contributed by atoms with Crippen molar-refractivity contribution >= 4 is 17.8 Å². The maximum absolute atomic E-state index is 12.4. The molecule has 164 valence electrons. The summed E-state index contributed by atoms with van der Waals surface area (Å²) in [6, 6.07) is 2.28. The number of rotatable bonds is 8. The van der Waals surface area contributed by atoms with E-state index in [1.165, 1.54) is 22.3 Å². The summed E-state index contributed by atoms with van der Waals surface area (Å²) in [4.78, 5) is 35.4. The predicted octanol–water partition coefficient (Wildman–Crippen LogP) is 5.20. The number of benzene rings is 1. The minimum atomic E-state index is -0.522. The molecule has 5 nitrogen and oxygen atoms in total. The van der Waals surface area contributed by atoms with E-state index in [1.54, 1.807) is 0 Å². The van der Waals surface area contributed by atoms with Crippen molar-refractivity contribution in [2.45, 2.75) is 92.1 Å². The molecule has 1 aromatic rings. The van der Waals surface area contributed by atoms with E-state index in [2.05, 4.69) is 66.8 Å². The number of hydrogen-bond acceptors (Lipinski definition) is 4. The fourth-order valence-corrected chi connectivity index (χ4v) is 4.21. The Labute approximate surface area is 180 Å². The first-order valence-electron chi connectivity index (χ1n) is 10.8.